The van der Waals surface area contributed by atoms with Crippen molar-refractivity contribution < 1.29 is 23.5 Å². The highest BCUT2D eigenvalue weighted by Crippen LogP contribution is 2.48. The normalized spacial score (nSPS) is 25.3. The molecule has 2 heterocycles. The van der Waals surface area contributed by atoms with Crippen LogP contribution in [0.25, 0.3) is 0 Å². The van der Waals surface area contributed by atoms with Crippen LogP contribution in [0, 0.1) is 6.92 Å². The van der Waals surface area contributed by atoms with Crippen molar-refractivity contribution in [2.45, 2.75) is 31.8 Å². The largest absolute Gasteiger partial charge is 0.390 e. The van der Waals surface area contributed by atoms with E-state index in [1.54, 1.807) is 6.92 Å². The molecule has 23 heavy (non-hydrogen) atoms. The highest BCUT2D eigenvalue weighted by atomic mass is 31.2. The van der Waals surface area contributed by atoms with E-state index in [4.69, 9.17) is 13.8 Å². The minimum atomic E-state index is -3.36. The highest BCUT2D eigenvalue weighted by molar-refractivity contribution is 7.57. The summed E-state index contributed by atoms with van der Waals surface area (Å²) in [5.74, 6) is 1.20. The third kappa shape index (κ3) is 3.88. The molecule has 1 aliphatic rings. The summed E-state index contributed by atoms with van der Waals surface area (Å²) in [6.45, 7) is 1.56. The van der Waals surface area contributed by atoms with Gasteiger partial charge in [0.25, 0.3) is 5.56 Å². The molecule has 0 aliphatic carbocycles. The average Bonchev–Trinajstić information content (AvgIpc) is 2.89. The average molecular weight is 346 g/mol. The summed E-state index contributed by atoms with van der Waals surface area (Å²) in [4.78, 5) is 25.4. The van der Waals surface area contributed by atoms with Crippen molar-refractivity contribution in [3.8, 4) is 0 Å². The van der Waals surface area contributed by atoms with Crippen LogP contribution in [0.4, 0.5) is 0 Å². The van der Waals surface area contributed by atoms with Gasteiger partial charge in [0.05, 0.1) is 6.10 Å². The lowest BCUT2D eigenvalue weighted by Crippen LogP contribution is -2.33. The Balaban J connectivity index is 2.21. The van der Waals surface area contributed by atoms with Gasteiger partial charge in [0.1, 0.15) is 12.3 Å². The molecular weight excluding hydrogens is 327 g/mol. The van der Waals surface area contributed by atoms with Crippen LogP contribution in [0.2, 0.25) is 0 Å². The number of ether oxygens (including phenoxy) is 1. The van der Waals surface area contributed by atoms with Crippen molar-refractivity contribution >= 4 is 7.60 Å². The first kappa shape index (κ1) is 17.8. The first-order chi connectivity index (χ1) is 10.8. The Morgan fingerprint density at radius 3 is 2.70 bits per heavy atom. The van der Waals surface area contributed by atoms with Gasteiger partial charge in [-0.15, -0.1) is 0 Å². The maximum Gasteiger partial charge on any atom is 0.353 e. The van der Waals surface area contributed by atoms with Gasteiger partial charge in [-0.3, -0.25) is 18.9 Å². The van der Waals surface area contributed by atoms with Crippen LogP contribution in [0.3, 0.4) is 0 Å². The molecule has 1 aliphatic heterocycles. The summed E-state index contributed by atoms with van der Waals surface area (Å²) in [6.07, 6.45) is 0.467. The predicted octanol–water partition coefficient (Wildman–Crippen LogP) is 0.493. The molecule has 2 N–H and O–H groups in total. The minimum absolute atomic E-state index is 0.144. The number of nitrogens with zero attached hydrogens (tertiary/aromatic N) is 1. The number of hydrogen-bond donors (Lipinski definition) is 2. The van der Waals surface area contributed by atoms with Gasteiger partial charge in [-0.2, -0.15) is 0 Å². The Bertz CT molecular complexity index is 745. The second-order valence-corrected chi connectivity index (χ2v) is 7.19. The number of aromatic amines is 1. The number of H-pyrrole nitrogens is 1. The third-order valence-corrected chi connectivity index (χ3v) is 5.12. The van der Waals surface area contributed by atoms with Crippen LogP contribution in [-0.4, -0.2) is 41.1 Å². The van der Waals surface area contributed by atoms with Gasteiger partial charge >= 0.3 is 13.3 Å². The predicted molar refractivity (Wildman–Crippen MR) is 81.4 cm³/mol. The van der Waals surface area contributed by atoms with Crippen molar-refractivity contribution in [1.29, 1.82) is 0 Å². The van der Waals surface area contributed by atoms with Crippen LogP contribution >= 0.6 is 7.60 Å². The molecule has 1 fully saturated rings. The second kappa shape index (κ2) is 6.94. The van der Waals surface area contributed by atoms with Crippen LogP contribution in [0.5, 0.6) is 0 Å². The fourth-order valence-corrected chi connectivity index (χ4v) is 2.98. The molecule has 0 aromatic carbocycles. The number of aliphatic hydroxyl groups excluding tert-OH is 1. The van der Waals surface area contributed by atoms with Gasteiger partial charge < -0.3 is 18.9 Å². The molecule has 3 atom stereocenters. The summed E-state index contributed by atoms with van der Waals surface area (Å²) in [5.41, 5.74) is -0.741. The number of aromatic nitrogens is 2. The maximum absolute atomic E-state index is 11.9. The topological polar surface area (TPSA) is 120 Å². The molecule has 0 spiro atoms. The molecule has 1 saturated heterocycles. The van der Waals surface area contributed by atoms with Crippen LogP contribution < -0.4 is 11.2 Å². The first-order valence-electron chi connectivity index (χ1n) is 6.86. The first-order valence-corrected chi connectivity index (χ1v) is 8.47. The smallest absolute Gasteiger partial charge is 0.353 e. The lowest BCUT2D eigenvalue weighted by Gasteiger charge is -2.14. The van der Waals surface area contributed by atoms with Crippen LogP contribution in [0.15, 0.2) is 27.7 Å². The molecule has 0 saturated carbocycles. The van der Waals surface area contributed by atoms with Gasteiger partial charge in [-0.1, -0.05) is 0 Å². The van der Waals surface area contributed by atoms with Gasteiger partial charge in [0.2, 0.25) is 0 Å². The van der Waals surface area contributed by atoms with Gasteiger partial charge in [0, 0.05) is 38.2 Å². The molecule has 1 aromatic heterocycles. The van der Waals surface area contributed by atoms with E-state index in [9.17, 15) is 19.3 Å². The Kier molecular flexibility index (Phi) is 5.38. The van der Waals surface area contributed by atoms with Crippen LogP contribution in [0.1, 0.15) is 18.2 Å². The summed E-state index contributed by atoms with van der Waals surface area (Å²) in [5, 5.41) is 10.0. The molecule has 1 aromatic rings. The van der Waals surface area contributed by atoms with Crippen molar-refractivity contribution in [3.63, 3.8) is 0 Å². The summed E-state index contributed by atoms with van der Waals surface area (Å²) in [7, 11) is -0.879. The number of aliphatic hydroxyl groups is 1. The Labute approximate surface area is 132 Å². The number of rotatable bonds is 5. The van der Waals surface area contributed by atoms with E-state index >= 15 is 0 Å². The molecule has 0 bridgehead atoms. The Morgan fingerprint density at radius 1 is 1.43 bits per heavy atom. The highest BCUT2D eigenvalue weighted by Gasteiger charge is 2.34. The molecule has 0 amide bonds. The second-order valence-electron chi connectivity index (χ2n) is 5.08. The van der Waals surface area contributed by atoms with E-state index in [1.165, 1.54) is 36.9 Å². The zero-order chi connectivity index (χ0) is 17.2. The Morgan fingerprint density at radius 2 is 2.09 bits per heavy atom. The van der Waals surface area contributed by atoms with Gasteiger partial charge in [0.15, 0.2) is 0 Å². The van der Waals surface area contributed by atoms with Crippen molar-refractivity contribution in [2.24, 2.45) is 0 Å². The van der Waals surface area contributed by atoms with E-state index < -0.39 is 37.3 Å². The van der Waals surface area contributed by atoms with Crippen molar-refractivity contribution in [3.05, 3.63) is 44.5 Å². The maximum atomic E-state index is 11.9. The zero-order valence-electron chi connectivity index (χ0n) is 13.0. The van der Waals surface area contributed by atoms with E-state index in [2.05, 4.69) is 4.98 Å². The van der Waals surface area contributed by atoms with Gasteiger partial charge in [-0.25, -0.2) is 4.79 Å². The van der Waals surface area contributed by atoms with E-state index in [0.717, 1.165) is 0 Å². The fraction of sp³-hybridized carbons (Fsp3) is 0.538. The molecule has 128 valence electrons. The SMILES string of the molecule is COP(=O)(/C=C/C1O[C@@H](n2cc(C)c(=O)[nH]c2=O)C[C@H]1O)OC. The van der Waals surface area contributed by atoms with E-state index in [0.29, 0.717) is 5.56 Å². The lowest BCUT2D eigenvalue weighted by molar-refractivity contribution is 0.00474. The molecule has 2 rings (SSSR count). The number of aryl methyl sites for hydroxylation is 1. The van der Waals surface area contributed by atoms with Crippen molar-refractivity contribution in [1.82, 2.24) is 9.55 Å². The Hall–Kier alpha value is -1.51. The number of nitrogens with one attached hydrogen (secondary N) is 1. The molecular formula is C13H19N2O7P. The summed E-state index contributed by atoms with van der Waals surface area (Å²) >= 11 is 0. The lowest BCUT2D eigenvalue weighted by atomic mass is 10.2. The van der Waals surface area contributed by atoms with Crippen LogP contribution in [-0.2, 0) is 18.3 Å². The fourth-order valence-electron chi connectivity index (χ4n) is 2.21. The van der Waals surface area contributed by atoms with E-state index in [-0.39, 0.29) is 6.42 Å². The van der Waals surface area contributed by atoms with Gasteiger partial charge in [-0.05, 0) is 13.0 Å². The monoisotopic (exact) mass is 346 g/mol. The third-order valence-electron chi connectivity index (χ3n) is 3.56. The quantitative estimate of drug-likeness (QED) is 0.745. The zero-order valence-corrected chi connectivity index (χ0v) is 13.9. The van der Waals surface area contributed by atoms with Crippen molar-refractivity contribution in [2.75, 3.05) is 14.2 Å². The number of hydrogen-bond acceptors (Lipinski definition) is 7. The standard InChI is InChI=1S/C13H19N2O7P/c1-8-7-15(13(18)14-12(8)17)11-6-9(16)10(22-11)4-5-23(19,20-2)21-3/h4-5,7,9-11,16H,6H2,1-3H3,(H,14,17,18)/b5-4+/t9-,10?,11-/m1/s1. The molecule has 9 nitrogen and oxygen atoms in total. The minimum Gasteiger partial charge on any atom is -0.390 e. The summed E-state index contributed by atoms with van der Waals surface area (Å²) < 4.78 is 28.3. The molecule has 1 unspecified atom stereocenters. The summed E-state index contributed by atoms with van der Waals surface area (Å²) in [6, 6.07) is 0. The molecule has 0 radical (unpaired) electrons. The molecule has 10 heteroatoms. The van der Waals surface area contributed by atoms with E-state index in [1.807, 2.05) is 0 Å².